The second kappa shape index (κ2) is 11.6. The largest absolute Gasteiger partial charge is 0.477 e. The first kappa shape index (κ1) is 28.5. The lowest BCUT2D eigenvalue weighted by molar-refractivity contribution is 0.0695. The number of anilines is 1. The maximum Gasteiger partial charge on any atom is 0.341 e. The maximum atomic E-state index is 15.6. The number of rotatable bonds is 6. The Bertz CT molecular complexity index is 1890. The van der Waals surface area contributed by atoms with Crippen LogP contribution in [0, 0.1) is 17.5 Å². The van der Waals surface area contributed by atoms with Gasteiger partial charge in [0.25, 0.3) is 0 Å². The summed E-state index contributed by atoms with van der Waals surface area (Å²) < 4.78 is 45.3. The highest BCUT2D eigenvalue weighted by Crippen LogP contribution is 2.33. The molecule has 218 valence electrons. The Balaban J connectivity index is 1.38. The van der Waals surface area contributed by atoms with E-state index in [4.69, 9.17) is 11.6 Å². The predicted octanol–water partition coefficient (Wildman–Crippen LogP) is 6.67. The molecule has 0 radical (unpaired) electrons. The molecular weight excluding hydrogens is 579 g/mol. The Morgan fingerprint density at radius 1 is 0.791 bits per heavy atom. The van der Waals surface area contributed by atoms with Crippen LogP contribution in [0.15, 0.2) is 95.9 Å². The van der Waals surface area contributed by atoms with Crippen molar-refractivity contribution in [3.63, 3.8) is 0 Å². The minimum atomic E-state index is -1.54. The lowest BCUT2D eigenvalue weighted by atomic mass is 9.96. The summed E-state index contributed by atoms with van der Waals surface area (Å²) in [5.74, 6) is -4.03. The van der Waals surface area contributed by atoms with Gasteiger partial charge in [-0.25, -0.2) is 18.0 Å². The molecule has 0 amide bonds. The Morgan fingerprint density at radius 2 is 1.44 bits per heavy atom. The van der Waals surface area contributed by atoms with Crippen molar-refractivity contribution in [2.75, 3.05) is 31.1 Å². The smallest absolute Gasteiger partial charge is 0.341 e. The zero-order valence-electron chi connectivity index (χ0n) is 22.7. The molecule has 5 aromatic rings. The molecule has 43 heavy (non-hydrogen) atoms. The third-order valence-corrected chi connectivity index (χ3v) is 8.04. The number of halogens is 4. The Hall–Kier alpha value is -4.60. The fourth-order valence-electron chi connectivity index (χ4n) is 5.72. The third kappa shape index (κ3) is 5.49. The summed E-state index contributed by atoms with van der Waals surface area (Å²) in [6.45, 7) is 2.05. The van der Waals surface area contributed by atoms with Crippen LogP contribution in [0.25, 0.3) is 16.6 Å². The molecule has 1 atom stereocenters. The van der Waals surface area contributed by atoms with Crippen molar-refractivity contribution in [2.24, 2.45) is 0 Å². The monoisotopic (exact) mass is 603 g/mol. The van der Waals surface area contributed by atoms with E-state index < -0.39 is 34.4 Å². The molecule has 0 saturated carbocycles. The Morgan fingerprint density at radius 3 is 2.09 bits per heavy atom. The molecule has 0 aliphatic carbocycles. The second-order valence-electron chi connectivity index (χ2n) is 10.4. The highest BCUT2D eigenvalue weighted by Gasteiger charge is 2.28. The van der Waals surface area contributed by atoms with Crippen LogP contribution in [0.5, 0.6) is 0 Å². The molecule has 0 bridgehead atoms. The van der Waals surface area contributed by atoms with Gasteiger partial charge in [0.2, 0.25) is 5.43 Å². The number of nitrogens with zero attached hydrogens (tertiary/aromatic N) is 3. The lowest BCUT2D eigenvalue weighted by Crippen LogP contribution is -2.48. The highest BCUT2D eigenvalue weighted by atomic mass is 35.5. The molecule has 0 spiro atoms. The molecule has 2 heterocycles. The van der Waals surface area contributed by atoms with E-state index in [1.54, 1.807) is 0 Å². The van der Waals surface area contributed by atoms with Gasteiger partial charge in [-0.3, -0.25) is 9.69 Å². The molecule has 1 aliphatic rings. The van der Waals surface area contributed by atoms with E-state index in [-0.39, 0.29) is 28.3 Å². The van der Waals surface area contributed by atoms with Crippen LogP contribution in [0.1, 0.15) is 27.5 Å². The zero-order chi connectivity index (χ0) is 30.2. The van der Waals surface area contributed by atoms with Crippen molar-refractivity contribution in [2.45, 2.75) is 6.04 Å². The molecule has 4 aromatic carbocycles. The van der Waals surface area contributed by atoms with E-state index in [1.165, 1.54) is 6.07 Å². The number of carboxylic acids is 1. The number of fused-ring (bicyclic) bond motifs is 1. The van der Waals surface area contributed by atoms with Crippen LogP contribution < -0.4 is 10.3 Å². The molecule has 1 aliphatic heterocycles. The van der Waals surface area contributed by atoms with E-state index in [0.717, 1.165) is 40.1 Å². The number of pyridine rings is 1. The summed E-state index contributed by atoms with van der Waals surface area (Å²) in [5, 5.41) is 10.0. The summed E-state index contributed by atoms with van der Waals surface area (Å²) in [5.41, 5.74) is 0.729. The Kier molecular flexibility index (Phi) is 7.68. The molecular formula is C33H25ClF3N3O3. The minimum absolute atomic E-state index is 0.0527. The molecule has 1 unspecified atom stereocenters. The molecule has 1 fully saturated rings. The number of piperazine rings is 1. The van der Waals surface area contributed by atoms with Crippen LogP contribution >= 0.6 is 11.6 Å². The van der Waals surface area contributed by atoms with Crippen molar-refractivity contribution in [3.05, 3.63) is 141 Å². The summed E-state index contributed by atoms with van der Waals surface area (Å²) in [6.07, 6.45) is 0.986. The molecule has 10 heteroatoms. The number of hydrogen-bond donors (Lipinski definition) is 1. The normalized spacial score (nSPS) is 14.7. The Labute approximate surface area is 249 Å². The average molecular weight is 604 g/mol. The van der Waals surface area contributed by atoms with E-state index in [2.05, 4.69) is 17.0 Å². The summed E-state index contributed by atoms with van der Waals surface area (Å²) in [7, 11) is 0. The van der Waals surface area contributed by atoms with Gasteiger partial charge in [0.15, 0.2) is 0 Å². The van der Waals surface area contributed by atoms with Gasteiger partial charge in [-0.15, -0.1) is 0 Å². The van der Waals surface area contributed by atoms with Gasteiger partial charge in [-0.2, -0.15) is 0 Å². The number of aromatic carboxylic acids is 1. The van der Waals surface area contributed by atoms with E-state index in [9.17, 15) is 23.5 Å². The fourth-order valence-corrected chi connectivity index (χ4v) is 5.85. The highest BCUT2D eigenvalue weighted by molar-refractivity contribution is 6.30. The molecule has 1 N–H and O–H groups in total. The molecule has 1 saturated heterocycles. The average Bonchev–Trinajstić information content (AvgIpc) is 3.00. The van der Waals surface area contributed by atoms with Crippen LogP contribution in [-0.2, 0) is 0 Å². The van der Waals surface area contributed by atoms with Gasteiger partial charge in [0.1, 0.15) is 23.0 Å². The van der Waals surface area contributed by atoms with Crippen LogP contribution in [0.2, 0.25) is 5.02 Å². The van der Waals surface area contributed by atoms with E-state index in [1.807, 2.05) is 47.4 Å². The van der Waals surface area contributed by atoms with Crippen molar-refractivity contribution >= 4 is 34.2 Å². The summed E-state index contributed by atoms with van der Waals surface area (Å²) >= 11 is 6.15. The first-order valence-electron chi connectivity index (χ1n) is 13.6. The standard InChI is InChI=1S/C33H25ClF3N3O3/c34-22-8-6-21(7-9-22)31(20-4-2-1-3-5-20)39-14-12-38(13-15-39)30-18-29-24(17-27(30)37)32(41)25(33(42)43)19-40(29)28-11-10-23(35)16-26(28)36/h1-11,16-19,31H,12-15H2,(H,42,43). The SMILES string of the molecule is O=C(O)c1cn(-c2ccc(F)cc2F)c2cc(N3CCN(C(c4ccccc4)c4ccc(Cl)cc4)CC3)c(F)cc2c1=O. The van der Waals surface area contributed by atoms with Gasteiger partial charge in [-0.1, -0.05) is 54.1 Å². The van der Waals surface area contributed by atoms with E-state index in [0.29, 0.717) is 37.3 Å². The van der Waals surface area contributed by atoms with Crippen LogP contribution in [0.4, 0.5) is 18.9 Å². The van der Waals surface area contributed by atoms with Gasteiger partial charge < -0.3 is 14.6 Å². The van der Waals surface area contributed by atoms with Gasteiger partial charge in [-0.05, 0) is 47.5 Å². The second-order valence-corrected chi connectivity index (χ2v) is 10.8. The molecule has 6 nitrogen and oxygen atoms in total. The molecule has 6 rings (SSSR count). The van der Waals surface area contributed by atoms with Gasteiger partial charge in [0, 0.05) is 48.9 Å². The predicted molar refractivity (Wildman–Crippen MR) is 160 cm³/mol. The van der Waals surface area contributed by atoms with Crippen molar-refractivity contribution in [3.8, 4) is 5.69 Å². The number of carbonyl (C=O) groups is 1. The first-order valence-corrected chi connectivity index (χ1v) is 14.0. The quantitative estimate of drug-likeness (QED) is 0.235. The summed E-state index contributed by atoms with van der Waals surface area (Å²) in [6, 6.07) is 22.9. The first-order chi connectivity index (χ1) is 20.7. The fraction of sp³-hybridized carbons (Fsp3) is 0.152. The number of benzene rings is 4. The molecule has 1 aromatic heterocycles. The number of carboxylic acid groups (broad SMARTS) is 1. The maximum absolute atomic E-state index is 15.6. The zero-order valence-corrected chi connectivity index (χ0v) is 23.4. The van der Waals surface area contributed by atoms with Crippen molar-refractivity contribution in [1.82, 2.24) is 9.47 Å². The van der Waals surface area contributed by atoms with Gasteiger partial charge >= 0.3 is 5.97 Å². The minimum Gasteiger partial charge on any atom is -0.477 e. The van der Waals surface area contributed by atoms with Crippen molar-refractivity contribution < 1.29 is 23.1 Å². The van der Waals surface area contributed by atoms with Crippen LogP contribution in [0.3, 0.4) is 0 Å². The lowest BCUT2D eigenvalue weighted by Gasteiger charge is -2.40. The van der Waals surface area contributed by atoms with E-state index >= 15 is 4.39 Å². The van der Waals surface area contributed by atoms with Crippen LogP contribution in [-0.4, -0.2) is 46.7 Å². The number of hydrogen-bond acceptors (Lipinski definition) is 4. The topological polar surface area (TPSA) is 65.8 Å². The third-order valence-electron chi connectivity index (χ3n) is 7.79. The van der Waals surface area contributed by atoms with Crippen molar-refractivity contribution in [1.29, 1.82) is 0 Å². The number of aromatic nitrogens is 1. The van der Waals surface area contributed by atoms with Gasteiger partial charge in [0.05, 0.1) is 22.9 Å². The summed E-state index contributed by atoms with van der Waals surface area (Å²) in [4.78, 5) is 29.0.